The fourth-order valence-electron chi connectivity index (χ4n) is 4.22. The summed E-state index contributed by atoms with van der Waals surface area (Å²) in [7, 11) is 0. The monoisotopic (exact) mass is 596 g/mol. The molecule has 5 N–H and O–H groups in total. The van der Waals surface area contributed by atoms with Gasteiger partial charge in [0, 0.05) is 28.2 Å². The van der Waals surface area contributed by atoms with E-state index in [0.29, 0.717) is 12.0 Å². The number of nitrogens with two attached hydrogens (primary N) is 1. The van der Waals surface area contributed by atoms with E-state index in [1.165, 1.54) is 23.1 Å². The number of aromatic nitrogens is 4. The molecule has 204 valence electrons. The van der Waals surface area contributed by atoms with Gasteiger partial charge >= 0.3 is 5.97 Å². The van der Waals surface area contributed by atoms with E-state index in [0.717, 1.165) is 27.1 Å². The smallest absolute Gasteiger partial charge is 0.352 e. The molecule has 3 aromatic rings. The summed E-state index contributed by atoms with van der Waals surface area (Å²) in [6, 6.07) is -1.08. The van der Waals surface area contributed by atoms with Crippen LogP contribution in [0.25, 0.3) is 4.83 Å². The average molecular weight is 597 g/mol. The van der Waals surface area contributed by atoms with Gasteiger partial charge in [-0.3, -0.25) is 19.3 Å². The number of rotatable bonds is 11. The van der Waals surface area contributed by atoms with Crippen LogP contribution in [0.15, 0.2) is 34.2 Å². The highest BCUT2D eigenvalue weighted by Gasteiger charge is 2.54. The molecule has 0 bridgehead atoms. The maximum absolute atomic E-state index is 13.1. The van der Waals surface area contributed by atoms with Crippen LogP contribution in [0.1, 0.15) is 11.6 Å². The SMILES string of the molecule is Nc1nc(/C(=N/OCF)C(=O)N[C@@H]2C(=O)N3C(C(=O)O)=C(C[n+]4cc5sccn5c4CNC=O)CS[C@H]23)ns1. The Morgan fingerprint density at radius 2 is 2.26 bits per heavy atom. The number of alkyl halides is 1. The van der Waals surface area contributed by atoms with Gasteiger partial charge in [-0.05, 0) is 0 Å². The predicted octanol–water partition coefficient (Wildman–Crippen LogP) is -0.945. The maximum Gasteiger partial charge on any atom is 0.352 e. The number of carboxylic acid groups (broad SMARTS) is 1. The number of oxime groups is 1. The lowest BCUT2D eigenvalue weighted by atomic mass is 10.0. The second kappa shape index (κ2) is 10.9. The van der Waals surface area contributed by atoms with Crippen molar-refractivity contribution in [3.63, 3.8) is 0 Å². The largest absolute Gasteiger partial charge is 0.477 e. The number of anilines is 1. The minimum absolute atomic E-state index is 0.0364. The number of halogens is 1. The number of hydrogen-bond acceptors (Lipinski definition) is 12. The molecule has 5 rings (SSSR count). The maximum atomic E-state index is 13.1. The summed E-state index contributed by atoms with van der Waals surface area (Å²) in [5.41, 5.74) is 5.38. The number of nitrogens with zero attached hydrogens (tertiary/aromatic N) is 6. The molecule has 2 aliphatic rings. The van der Waals surface area contributed by atoms with Crippen LogP contribution in [0.5, 0.6) is 0 Å². The zero-order chi connectivity index (χ0) is 27.7. The first-order valence-electron chi connectivity index (χ1n) is 11.0. The van der Waals surface area contributed by atoms with Crippen LogP contribution in [0.4, 0.5) is 9.52 Å². The van der Waals surface area contributed by atoms with Crippen LogP contribution < -0.4 is 20.9 Å². The number of fused-ring (bicyclic) bond motifs is 2. The quantitative estimate of drug-likeness (QED) is 0.0704. The predicted molar refractivity (Wildman–Crippen MR) is 136 cm³/mol. The highest BCUT2D eigenvalue weighted by molar-refractivity contribution is 8.00. The summed E-state index contributed by atoms with van der Waals surface area (Å²) in [5.74, 6) is -2.07. The first-order chi connectivity index (χ1) is 18.8. The minimum Gasteiger partial charge on any atom is -0.477 e. The summed E-state index contributed by atoms with van der Waals surface area (Å²) < 4.78 is 20.1. The zero-order valence-corrected chi connectivity index (χ0v) is 22.1. The van der Waals surface area contributed by atoms with Crippen LogP contribution in [-0.2, 0) is 37.1 Å². The van der Waals surface area contributed by atoms with Crippen LogP contribution in [0.2, 0.25) is 0 Å². The Labute approximate surface area is 230 Å². The number of aliphatic carboxylic acids is 1. The van der Waals surface area contributed by atoms with Gasteiger partial charge in [0.25, 0.3) is 24.5 Å². The summed E-state index contributed by atoms with van der Waals surface area (Å²) >= 11 is 3.54. The molecule has 19 heteroatoms. The fourth-order valence-corrected chi connectivity index (χ4v) is 6.78. The minimum atomic E-state index is -1.31. The number of hydrogen-bond donors (Lipinski definition) is 4. The van der Waals surface area contributed by atoms with Gasteiger partial charge in [0.2, 0.25) is 22.8 Å². The molecule has 0 aliphatic carbocycles. The first-order valence-corrected chi connectivity index (χ1v) is 13.7. The molecule has 0 spiro atoms. The Kier molecular flexibility index (Phi) is 7.44. The standard InChI is InChI=1S/C20H18FN9O6S3/c21-7-36-26-12(15-25-20(22)39-27-15)16(32)24-13-17(33)30-14(19(34)35)9(6-38-18(13)30)4-28-5-11-29(1-2-37-11)10(28)3-23-8-31/h1-2,5,8,13,18H,3-4,6-7H2,(H4-,22,23,24,25,27,31,32,34,35)/p+1/b26-12-/t13-,18-/m1/s1. The van der Waals surface area contributed by atoms with Gasteiger partial charge in [-0.1, -0.05) is 16.5 Å². The third-order valence-electron chi connectivity index (χ3n) is 5.83. The number of carbonyl (C=O) groups is 4. The van der Waals surface area contributed by atoms with Gasteiger partial charge in [-0.15, -0.1) is 11.8 Å². The van der Waals surface area contributed by atoms with Gasteiger partial charge in [-0.25, -0.2) is 13.8 Å². The van der Waals surface area contributed by atoms with E-state index in [-0.39, 0.29) is 35.5 Å². The van der Waals surface area contributed by atoms with E-state index in [4.69, 9.17) is 5.73 Å². The van der Waals surface area contributed by atoms with Crippen molar-refractivity contribution < 1.29 is 38.1 Å². The van der Waals surface area contributed by atoms with E-state index in [9.17, 15) is 28.7 Å². The van der Waals surface area contributed by atoms with E-state index in [1.807, 2.05) is 26.7 Å². The molecule has 2 atom stereocenters. The van der Waals surface area contributed by atoms with Gasteiger partial charge in [-0.2, -0.15) is 13.8 Å². The second-order valence-corrected chi connectivity index (χ2v) is 10.9. The lowest BCUT2D eigenvalue weighted by molar-refractivity contribution is -0.695. The van der Waals surface area contributed by atoms with E-state index < -0.39 is 41.8 Å². The third kappa shape index (κ3) is 4.90. The Bertz CT molecular complexity index is 1530. The molecular formula is C20H19FN9O6S3+. The van der Waals surface area contributed by atoms with Crippen molar-refractivity contribution in [1.82, 2.24) is 29.3 Å². The van der Waals surface area contributed by atoms with Crippen molar-refractivity contribution in [2.45, 2.75) is 24.5 Å². The van der Waals surface area contributed by atoms with Crippen molar-refractivity contribution in [2.75, 3.05) is 18.3 Å². The number of β-lactam (4-membered cyclic amide) rings is 1. The number of nitrogens with one attached hydrogen (secondary N) is 2. The number of imidazole rings is 1. The fraction of sp³-hybridized carbons (Fsp3) is 0.300. The molecule has 5 heterocycles. The average Bonchev–Trinajstić information content (AvgIpc) is 3.63. The third-order valence-corrected chi connectivity index (χ3v) is 8.51. The van der Waals surface area contributed by atoms with Crippen LogP contribution in [0.3, 0.4) is 0 Å². The summed E-state index contributed by atoms with van der Waals surface area (Å²) in [6.07, 6.45) is 4.26. The van der Waals surface area contributed by atoms with Crippen LogP contribution >= 0.6 is 34.6 Å². The van der Waals surface area contributed by atoms with Crippen molar-refractivity contribution in [3.8, 4) is 0 Å². The number of thioether (sulfide) groups is 1. The Balaban J connectivity index is 1.37. The van der Waals surface area contributed by atoms with Gasteiger partial charge in [0.05, 0.1) is 0 Å². The van der Waals surface area contributed by atoms with Gasteiger partial charge in [0.1, 0.15) is 42.6 Å². The van der Waals surface area contributed by atoms with E-state index in [2.05, 4.69) is 30.0 Å². The number of amides is 3. The molecule has 0 unspecified atom stereocenters. The number of carbonyl (C=O) groups excluding carboxylic acids is 3. The lowest BCUT2D eigenvalue weighted by Crippen LogP contribution is -2.71. The van der Waals surface area contributed by atoms with Crippen molar-refractivity contribution >= 4 is 74.5 Å². The van der Waals surface area contributed by atoms with E-state index >= 15 is 0 Å². The topological polar surface area (TPSA) is 197 Å². The highest BCUT2D eigenvalue weighted by atomic mass is 32.2. The summed E-state index contributed by atoms with van der Waals surface area (Å²) in [5, 5.41) is 19.8. The molecule has 3 aromatic heterocycles. The molecule has 1 saturated heterocycles. The molecule has 1 fully saturated rings. The Morgan fingerprint density at radius 3 is 2.95 bits per heavy atom. The lowest BCUT2D eigenvalue weighted by Gasteiger charge is -2.49. The van der Waals surface area contributed by atoms with E-state index in [1.54, 1.807) is 0 Å². The number of thiazole rings is 1. The molecule has 39 heavy (non-hydrogen) atoms. The zero-order valence-electron chi connectivity index (χ0n) is 19.6. The Morgan fingerprint density at radius 1 is 1.44 bits per heavy atom. The van der Waals surface area contributed by atoms with Crippen molar-refractivity contribution in [3.05, 3.63) is 40.7 Å². The van der Waals surface area contributed by atoms with Crippen molar-refractivity contribution in [2.24, 2.45) is 5.16 Å². The molecule has 3 amide bonds. The van der Waals surface area contributed by atoms with Gasteiger partial charge < -0.3 is 26.3 Å². The highest BCUT2D eigenvalue weighted by Crippen LogP contribution is 2.40. The summed E-state index contributed by atoms with van der Waals surface area (Å²) in [4.78, 5) is 59.4. The number of carboxylic acids is 1. The molecule has 2 aliphatic heterocycles. The first kappa shape index (κ1) is 26.5. The van der Waals surface area contributed by atoms with Crippen molar-refractivity contribution in [1.29, 1.82) is 0 Å². The van der Waals surface area contributed by atoms with Crippen LogP contribution in [0, 0.1) is 0 Å². The summed E-state index contributed by atoms with van der Waals surface area (Å²) in [6.45, 7) is -0.932. The molecular weight excluding hydrogens is 577 g/mol. The molecule has 15 nitrogen and oxygen atoms in total. The molecule has 0 aromatic carbocycles. The normalized spacial score (nSPS) is 19.1. The molecule has 0 saturated carbocycles. The molecule has 0 radical (unpaired) electrons. The van der Waals surface area contributed by atoms with Gasteiger partial charge in [0.15, 0.2) is 5.13 Å². The van der Waals surface area contributed by atoms with Crippen LogP contribution in [-0.4, -0.2) is 77.7 Å². The Hall–Kier alpha value is -4.10. The second-order valence-electron chi connectivity index (χ2n) is 8.04. The number of nitrogen functional groups attached to an aromatic ring is 1.